The fraction of sp³-hybridized carbons (Fsp3) is 0.333. The maximum atomic E-state index is 5.19. The fourth-order valence-electron chi connectivity index (χ4n) is 1.74. The van der Waals surface area contributed by atoms with Crippen LogP contribution in [0.5, 0.6) is 5.75 Å². The van der Waals surface area contributed by atoms with Gasteiger partial charge in [-0.05, 0) is 43.0 Å². The third-order valence-electron chi connectivity index (χ3n) is 2.54. The molecule has 0 saturated heterocycles. The summed E-state index contributed by atoms with van der Waals surface area (Å²) in [4.78, 5) is 0. The molecule has 0 N–H and O–H groups in total. The molecule has 1 nitrogen and oxygen atoms in total. The van der Waals surface area contributed by atoms with Gasteiger partial charge < -0.3 is 4.74 Å². The van der Waals surface area contributed by atoms with Crippen molar-refractivity contribution in [2.75, 3.05) is 7.11 Å². The summed E-state index contributed by atoms with van der Waals surface area (Å²) in [6, 6.07) is 6.29. The Kier molecular flexibility index (Phi) is 2.09. The van der Waals surface area contributed by atoms with Gasteiger partial charge in [-0.2, -0.15) is 0 Å². The first-order chi connectivity index (χ1) is 6.29. The first-order valence-corrected chi connectivity index (χ1v) is 4.63. The fourth-order valence-corrected chi connectivity index (χ4v) is 1.74. The predicted octanol–water partition coefficient (Wildman–Crippen LogP) is 3.04. The van der Waals surface area contributed by atoms with Gasteiger partial charge in [0.1, 0.15) is 5.75 Å². The molecule has 0 atom stereocenters. The number of allylic oxidation sites excluding steroid dienone is 1. The van der Waals surface area contributed by atoms with E-state index in [0.717, 1.165) is 12.2 Å². The smallest absolute Gasteiger partial charge is 0.119 e. The van der Waals surface area contributed by atoms with Crippen LogP contribution in [0.1, 0.15) is 24.5 Å². The van der Waals surface area contributed by atoms with Crippen LogP contribution in [-0.4, -0.2) is 7.11 Å². The quantitative estimate of drug-likeness (QED) is 0.635. The molecule has 1 aromatic rings. The van der Waals surface area contributed by atoms with Crippen LogP contribution in [0.4, 0.5) is 0 Å². The Bertz CT molecular complexity index is 350. The highest BCUT2D eigenvalue weighted by molar-refractivity contribution is 5.60. The van der Waals surface area contributed by atoms with E-state index in [1.807, 2.05) is 6.07 Å². The van der Waals surface area contributed by atoms with Crippen LogP contribution in [0.15, 0.2) is 23.8 Å². The van der Waals surface area contributed by atoms with Crippen molar-refractivity contribution in [1.29, 1.82) is 0 Å². The maximum Gasteiger partial charge on any atom is 0.119 e. The molecule has 0 radical (unpaired) electrons. The molecule has 0 amide bonds. The van der Waals surface area contributed by atoms with E-state index < -0.39 is 0 Å². The van der Waals surface area contributed by atoms with E-state index in [-0.39, 0.29) is 0 Å². The summed E-state index contributed by atoms with van der Waals surface area (Å²) in [6.45, 7) is 2.19. The van der Waals surface area contributed by atoms with E-state index in [2.05, 4.69) is 25.1 Å². The van der Waals surface area contributed by atoms with Gasteiger partial charge in [-0.25, -0.2) is 0 Å². The SMILES string of the molecule is COc1ccc2c(c1)CCC(C)=C2. The Morgan fingerprint density at radius 1 is 1.23 bits per heavy atom. The van der Waals surface area contributed by atoms with Crippen molar-refractivity contribution in [2.24, 2.45) is 0 Å². The summed E-state index contributed by atoms with van der Waals surface area (Å²) in [5, 5.41) is 0. The molecule has 0 saturated carbocycles. The van der Waals surface area contributed by atoms with E-state index in [1.165, 1.54) is 23.1 Å². The summed E-state index contributed by atoms with van der Waals surface area (Å²) in [5.41, 5.74) is 4.23. The van der Waals surface area contributed by atoms with Gasteiger partial charge in [0.25, 0.3) is 0 Å². The topological polar surface area (TPSA) is 9.23 Å². The van der Waals surface area contributed by atoms with Crippen molar-refractivity contribution >= 4 is 6.08 Å². The number of hydrogen-bond acceptors (Lipinski definition) is 1. The van der Waals surface area contributed by atoms with Crippen LogP contribution < -0.4 is 4.74 Å². The molecule has 1 aliphatic carbocycles. The summed E-state index contributed by atoms with van der Waals surface area (Å²) >= 11 is 0. The molecule has 0 heterocycles. The van der Waals surface area contributed by atoms with Gasteiger partial charge in [-0.3, -0.25) is 0 Å². The number of hydrogen-bond donors (Lipinski definition) is 0. The minimum atomic E-state index is 0.965. The largest absolute Gasteiger partial charge is 0.497 e. The summed E-state index contributed by atoms with van der Waals surface area (Å²) in [5.74, 6) is 0.965. The van der Waals surface area contributed by atoms with Crippen LogP contribution in [-0.2, 0) is 6.42 Å². The zero-order valence-corrected chi connectivity index (χ0v) is 8.13. The zero-order chi connectivity index (χ0) is 9.26. The highest BCUT2D eigenvalue weighted by Crippen LogP contribution is 2.26. The number of aryl methyl sites for hydroxylation is 1. The first-order valence-electron chi connectivity index (χ1n) is 4.63. The highest BCUT2D eigenvalue weighted by atomic mass is 16.5. The van der Waals surface area contributed by atoms with E-state index in [9.17, 15) is 0 Å². The lowest BCUT2D eigenvalue weighted by Crippen LogP contribution is -1.97. The Hall–Kier alpha value is -1.24. The molecule has 0 spiro atoms. The number of benzene rings is 1. The third kappa shape index (κ3) is 1.59. The van der Waals surface area contributed by atoms with E-state index >= 15 is 0 Å². The van der Waals surface area contributed by atoms with Gasteiger partial charge in [0, 0.05) is 0 Å². The molecule has 0 aliphatic heterocycles. The van der Waals surface area contributed by atoms with Crippen molar-refractivity contribution in [1.82, 2.24) is 0 Å². The lowest BCUT2D eigenvalue weighted by molar-refractivity contribution is 0.414. The van der Waals surface area contributed by atoms with Gasteiger partial charge >= 0.3 is 0 Å². The summed E-state index contributed by atoms with van der Waals surface area (Å²) < 4.78 is 5.19. The van der Waals surface area contributed by atoms with Crippen molar-refractivity contribution in [3.63, 3.8) is 0 Å². The summed E-state index contributed by atoms with van der Waals surface area (Å²) in [7, 11) is 1.71. The van der Waals surface area contributed by atoms with Crippen LogP contribution in [0.3, 0.4) is 0 Å². The average Bonchev–Trinajstić information content (AvgIpc) is 2.17. The second-order valence-electron chi connectivity index (χ2n) is 3.56. The molecular formula is C12H14O. The lowest BCUT2D eigenvalue weighted by atomic mass is 9.93. The number of methoxy groups -OCH3 is 1. The van der Waals surface area contributed by atoms with Crippen LogP contribution in [0, 0.1) is 0 Å². The monoisotopic (exact) mass is 174 g/mol. The second kappa shape index (κ2) is 3.25. The van der Waals surface area contributed by atoms with Crippen LogP contribution >= 0.6 is 0 Å². The van der Waals surface area contributed by atoms with E-state index in [4.69, 9.17) is 4.74 Å². The molecular weight excluding hydrogens is 160 g/mol. The minimum absolute atomic E-state index is 0.965. The molecule has 0 fully saturated rings. The molecule has 1 aliphatic rings. The van der Waals surface area contributed by atoms with Gasteiger partial charge in [-0.1, -0.05) is 17.7 Å². The number of rotatable bonds is 1. The first kappa shape index (κ1) is 8.36. The molecule has 0 unspecified atom stereocenters. The highest BCUT2D eigenvalue weighted by Gasteiger charge is 2.07. The summed E-state index contributed by atoms with van der Waals surface area (Å²) in [6.07, 6.45) is 4.59. The molecule has 68 valence electrons. The van der Waals surface area contributed by atoms with Gasteiger partial charge in [0.2, 0.25) is 0 Å². The third-order valence-corrected chi connectivity index (χ3v) is 2.54. The normalized spacial score (nSPS) is 14.8. The lowest BCUT2D eigenvalue weighted by Gasteiger charge is -2.14. The molecule has 13 heavy (non-hydrogen) atoms. The Balaban J connectivity index is 2.43. The van der Waals surface area contributed by atoms with Gasteiger partial charge in [0.05, 0.1) is 7.11 Å². The van der Waals surface area contributed by atoms with Crippen molar-refractivity contribution in [2.45, 2.75) is 19.8 Å². The number of ether oxygens (including phenoxy) is 1. The molecule has 1 aromatic carbocycles. The van der Waals surface area contributed by atoms with E-state index in [1.54, 1.807) is 7.11 Å². The molecule has 0 aromatic heterocycles. The standard InChI is InChI=1S/C12H14O/c1-9-3-4-11-8-12(13-2)6-5-10(11)7-9/h5-8H,3-4H2,1-2H3. The number of fused-ring (bicyclic) bond motifs is 1. The Labute approximate surface area is 79.0 Å². The Morgan fingerprint density at radius 3 is 2.85 bits per heavy atom. The van der Waals surface area contributed by atoms with E-state index in [0.29, 0.717) is 0 Å². The Morgan fingerprint density at radius 2 is 2.08 bits per heavy atom. The van der Waals surface area contributed by atoms with Crippen molar-refractivity contribution in [3.8, 4) is 5.75 Å². The minimum Gasteiger partial charge on any atom is -0.497 e. The van der Waals surface area contributed by atoms with Crippen LogP contribution in [0.25, 0.3) is 6.08 Å². The molecule has 2 rings (SSSR count). The molecule has 0 bridgehead atoms. The second-order valence-corrected chi connectivity index (χ2v) is 3.56. The van der Waals surface area contributed by atoms with Crippen molar-refractivity contribution in [3.05, 3.63) is 34.9 Å². The predicted molar refractivity (Wildman–Crippen MR) is 55.0 cm³/mol. The van der Waals surface area contributed by atoms with Crippen molar-refractivity contribution < 1.29 is 4.74 Å². The molecule has 1 heteroatoms. The average molecular weight is 174 g/mol. The van der Waals surface area contributed by atoms with Gasteiger partial charge in [0.15, 0.2) is 0 Å². The zero-order valence-electron chi connectivity index (χ0n) is 8.13. The maximum absolute atomic E-state index is 5.19. The van der Waals surface area contributed by atoms with Gasteiger partial charge in [-0.15, -0.1) is 0 Å². The van der Waals surface area contributed by atoms with Crippen LogP contribution in [0.2, 0.25) is 0 Å².